The number of benzene rings is 2. The Morgan fingerprint density at radius 3 is 2.17 bits per heavy atom. The molecule has 0 bridgehead atoms. The molecule has 0 aliphatic carbocycles. The van der Waals surface area contributed by atoms with Gasteiger partial charge in [-0.15, -0.1) is 0 Å². The van der Waals surface area contributed by atoms with Gasteiger partial charge in [-0.1, -0.05) is 30.3 Å². The molecule has 24 heavy (non-hydrogen) atoms. The molecule has 0 N–H and O–H groups in total. The summed E-state index contributed by atoms with van der Waals surface area (Å²) in [5.41, 5.74) is 0.430. The molecular weight excluding hydrogens is 326 g/mol. The number of methoxy groups -OCH3 is 2. The summed E-state index contributed by atoms with van der Waals surface area (Å²) in [5, 5.41) is 12.5. The minimum atomic E-state index is -2.16. The van der Waals surface area contributed by atoms with E-state index in [9.17, 15) is 10.1 Å². The lowest BCUT2D eigenvalue weighted by Crippen LogP contribution is -2.44. The highest BCUT2D eigenvalue weighted by Crippen LogP contribution is 2.35. The van der Waals surface area contributed by atoms with Gasteiger partial charge in [0.2, 0.25) is 8.32 Å². The highest BCUT2D eigenvalue weighted by molar-refractivity contribution is 6.84. The maximum absolute atomic E-state index is 11.3. The monoisotopic (exact) mass is 347 g/mol. The van der Waals surface area contributed by atoms with Crippen molar-refractivity contribution in [3.63, 3.8) is 0 Å². The summed E-state index contributed by atoms with van der Waals surface area (Å²) in [6, 6.07) is 12.9. The normalized spacial score (nSPS) is 11.2. The van der Waals surface area contributed by atoms with Crippen LogP contribution in [0.4, 0.5) is 5.69 Å². The molecule has 0 amide bonds. The zero-order chi connectivity index (χ0) is 17.7. The van der Waals surface area contributed by atoms with Crippen molar-refractivity contribution < 1.29 is 18.8 Å². The first-order valence-electron chi connectivity index (χ1n) is 7.48. The van der Waals surface area contributed by atoms with Crippen molar-refractivity contribution in [3.8, 4) is 11.5 Å². The van der Waals surface area contributed by atoms with Gasteiger partial charge in [0.05, 0.1) is 37.4 Å². The fraction of sp³-hybridized carbons (Fsp3) is 0.294. The summed E-state index contributed by atoms with van der Waals surface area (Å²) in [5.74, 6) is 0.772. The number of nitrogens with zero attached hydrogens (tertiary/aromatic N) is 1. The van der Waals surface area contributed by atoms with Crippen LogP contribution < -0.4 is 14.7 Å². The van der Waals surface area contributed by atoms with Crippen LogP contribution in [0.2, 0.25) is 13.1 Å². The zero-order valence-electron chi connectivity index (χ0n) is 14.2. The van der Waals surface area contributed by atoms with E-state index >= 15 is 0 Å². The quantitative estimate of drug-likeness (QED) is 0.437. The first-order valence-corrected chi connectivity index (χ1v) is 10.4. The van der Waals surface area contributed by atoms with Gasteiger partial charge in [0, 0.05) is 0 Å². The van der Waals surface area contributed by atoms with Crippen LogP contribution in [0.1, 0.15) is 5.56 Å². The molecule has 0 heterocycles. The predicted molar refractivity (Wildman–Crippen MR) is 94.5 cm³/mol. The van der Waals surface area contributed by atoms with Crippen LogP contribution in [0.15, 0.2) is 42.5 Å². The van der Waals surface area contributed by atoms with E-state index in [4.69, 9.17) is 13.9 Å². The molecule has 0 saturated carbocycles. The van der Waals surface area contributed by atoms with E-state index in [1.54, 1.807) is 6.07 Å². The van der Waals surface area contributed by atoms with Crippen molar-refractivity contribution in [2.45, 2.75) is 19.7 Å². The second-order valence-corrected chi connectivity index (χ2v) is 9.64. The molecule has 0 radical (unpaired) electrons. The van der Waals surface area contributed by atoms with Gasteiger partial charge in [0.25, 0.3) is 5.69 Å². The summed E-state index contributed by atoms with van der Waals surface area (Å²) in [4.78, 5) is 10.9. The van der Waals surface area contributed by atoms with Crippen molar-refractivity contribution in [3.05, 3.63) is 58.1 Å². The Kier molecular flexibility index (Phi) is 5.58. The van der Waals surface area contributed by atoms with Crippen LogP contribution in [-0.4, -0.2) is 27.5 Å². The molecule has 128 valence electrons. The molecule has 0 aliphatic heterocycles. The third-order valence-electron chi connectivity index (χ3n) is 3.84. The van der Waals surface area contributed by atoms with Gasteiger partial charge < -0.3 is 13.9 Å². The maximum Gasteiger partial charge on any atom is 0.278 e. The molecule has 0 atom stereocenters. The number of nitro groups is 1. The van der Waals surface area contributed by atoms with E-state index in [0.29, 0.717) is 17.1 Å². The van der Waals surface area contributed by atoms with Gasteiger partial charge in [-0.05, 0) is 24.3 Å². The predicted octanol–water partition coefficient (Wildman–Crippen LogP) is 3.24. The third kappa shape index (κ3) is 3.93. The lowest BCUT2D eigenvalue weighted by molar-refractivity contribution is -0.385. The standard InChI is InChI=1S/C17H21NO5Si/c1-21-16-10-13(15(18(19)20)11-17(16)22-2)12-23-24(3,4)14-8-6-5-7-9-14/h5-11H,12H2,1-4H3. The molecule has 0 saturated heterocycles. The minimum Gasteiger partial charge on any atom is -0.493 e. The number of hydrogen-bond donors (Lipinski definition) is 0. The van der Waals surface area contributed by atoms with E-state index in [0.717, 1.165) is 5.19 Å². The highest BCUT2D eigenvalue weighted by Gasteiger charge is 2.27. The average Bonchev–Trinajstić information content (AvgIpc) is 2.59. The van der Waals surface area contributed by atoms with Gasteiger partial charge in [-0.2, -0.15) is 0 Å². The van der Waals surface area contributed by atoms with Gasteiger partial charge in [-0.3, -0.25) is 10.1 Å². The molecule has 0 spiro atoms. The van der Waals surface area contributed by atoms with Crippen LogP contribution in [0.25, 0.3) is 0 Å². The second kappa shape index (κ2) is 7.46. The summed E-state index contributed by atoms with van der Waals surface area (Å²) >= 11 is 0. The molecule has 2 aromatic rings. The van der Waals surface area contributed by atoms with E-state index in [1.165, 1.54) is 20.3 Å². The Morgan fingerprint density at radius 2 is 1.62 bits per heavy atom. The van der Waals surface area contributed by atoms with Gasteiger partial charge in [0.15, 0.2) is 11.5 Å². The van der Waals surface area contributed by atoms with Crippen LogP contribution in [-0.2, 0) is 11.0 Å². The average molecular weight is 347 g/mol. The van der Waals surface area contributed by atoms with Crippen molar-refractivity contribution in [1.82, 2.24) is 0 Å². The Balaban J connectivity index is 2.30. The van der Waals surface area contributed by atoms with Crippen molar-refractivity contribution in [2.24, 2.45) is 0 Å². The largest absolute Gasteiger partial charge is 0.493 e. The fourth-order valence-corrected chi connectivity index (χ4v) is 4.06. The van der Waals surface area contributed by atoms with Crippen LogP contribution in [0, 0.1) is 10.1 Å². The van der Waals surface area contributed by atoms with Crippen molar-refractivity contribution >= 4 is 19.2 Å². The number of rotatable bonds is 7. The topological polar surface area (TPSA) is 70.8 Å². The SMILES string of the molecule is COc1cc(CO[Si](C)(C)c2ccccc2)c([N+](=O)[O-])cc1OC. The molecule has 0 aliphatic rings. The lowest BCUT2D eigenvalue weighted by atomic mass is 10.1. The summed E-state index contributed by atoms with van der Waals surface area (Å²) < 4.78 is 16.5. The van der Waals surface area contributed by atoms with Crippen LogP contribution in [0.5, 0.6) is 11.5 Å². The van der Waals surface area contributed by atoms with Gasteiger partial charge >= 0.3 is 0 Å². The molecule has 2 aromatic carbocycles. The molecule has 0 aromatic heterocycles. The molecule has 0 fully saturated rings. The Labute approximate surface area is 142 Å². The Hall–Kier alpha value is -2.38. The van der Waals surface area contributed by atoms with Crippen molar-refractivity contribution in [1.29, 1.82) is 0 Å². The van der Waals surface area contributed by atoms with E-state index in [1.807, 2.05) is 30.3 Å². The number of nitro benzene ring substituents is 1. The van der Waals surface area contributed by atoms with Crippen LogP contribution >= 0.6 is 0 Å². The minimum absolute atomic E-state index is 0.0366. The number of hydrogen-bond acceptors (Lipinski definition) is 5. The first kappa shape index (κ1) is 18.0. The highest BCUT2D eigenvalue weighted by atomic mass is 28.4. The van der Waals surface area contributed by atoms with Gasteiger partial charge in [-0.25, -0.2) is 0 Å². The van der Waals surface area contributed by atoms with Crippen LogP contribution in [0.3, 0.4) is 0 Å². The van der Waals surface area contributed by atoms with E-state index in [2.05, 4.69) is 13.1 Å². The summed E-state index contributed by atoms with van der Waals surface area (Å²) in [6.07, 6.45) is 0. The summed E-state index contributed by atoms with van der Waals surface area (Å²) in [7, 11) is 0.781. The molecule has 7 heteroatoms. The smallest absolute Gasteiger partial charge is 0.278 e. The lowest BCUT2D eigenvalue weighted by Gasteiger charge is -2.23. The van der Waals surface area contributed by atoms with E-state index < -0.39 is 13.2 Å². The summed E-state index contributed by atoms with van der Waals surface area (Å²) in [6.45, 7) is 4.27. The number of ether oxygens (including phenoxy) is 2. The molecule has 2 rings (SSSR count). The first-order chi connectivity index (χ1) is 11.4. The Bertz CT molecular complexity index is 718. The Morgan fingerprint density at radius 1 is 1.04 bits per heavy atom. The fourth-order valence-electron chi connectivity index (χ4n) is 2.38. The molecule has 0 unspecified atom stereocenters. The van der Waals surface area contributed by atoms with E-state index in [-0.39, 0.29) is 12.3 Å². The van der Waals surface area contributed by atoms with Gasteiger partial charge in [0.1, 0.15) is 0 Å². The van der Waals surface area contributed by atoms with Crippen molar-refractivity contribution in [2.75, 3.05) is 14.2 Å². The third-order valence-corrected chi connectivity index (χ3v) is 6.43. The zero-order valence-corrected chi connectivity index (χ0v) is 15.2. The maximum atomic E-state index is 11.3. The second-order valence-electron chi connectivity index (χ2n) is 5.76. The molecule has 6 nitrogen and oxygen atoms in total. The molecular formula is C17H21NO5Si.